The van der Waals surface area contributed by atoms with E-state index >= 15 is 0 Å². The highest BCUT2D eigenvalue weighted by Crippen LogP contribution is 2.16. The highest BCUT2D eigenvalue weighted by Gasteiger charge is 2.22. The Bertz CT molecular complexity index is 364. The van der Waals surface area contributed by atoms with Gasteiger partial charge in [0.05, 0.1) is 0 Å². The lowest BCUT2D eigenvalue weighted by Gasteiger charge is -2.30. The van der Waals surface area contributed by atoms with E-state index in [1.54, 1.807) is 0 Å². The summed E-state index contributed by atoms with van der Waals surface area (Å²) in [6, 6.07) is 0. The van der Waals surface area contributed by atoms with E-state index in [9.17, 15) is 4.79 Å². The number of guanidine groups is 1. The van der Waals surface area contributed by atoms with Crippen molar-refractivity contribution in [3.05, 3.63) is 0 Å². The van der Waals surface area contributed by atoms with E-state index in [2.05, 4.69) is 34.4 Å². The molecule has 0 unspecified atom stereocenters. The number of likely N-dealkylation sites (tertiary alicyclic amines) is 1. The molecule has 6 heteroatoms. The van der Waals surface area contributed by atoms with Gasteiger partial charge < -0.3 is 21.3 Å². The zero-order valence-corrected chi connectivity index (χ0v) is 15.6. The van der Waals surface area contributed by atoms with Crippen molar-refractivity contribution < 1.29 is 4.79 Å². The minimum absolute atomic E-state index is 0.0921. The van der Waals surface area contributed by atoms with Crippen molar-refractivity contribution in [2.45, 2.75) is 58.8 Å². The molecule has 1 heterocycles. The van der Waals surface area contributed by atoms with Crippen LogP contribution in [0.2, 0.25) is 0 Å². The Balaban J connectivity index is 2.10. The van der Waals surface area contributed by atoms with Crippen LogP contribution in [0.1, 0.15) is 58.8 Å². The summed E-state index contributed by atoms with van der Waals surface area (Å²) in [6.07, 6.45) is 7.78. The van der Waals surface area contributed by atoms with Crippen LogP contribution in [0.25, 0.3) is 0 Å². The third-order valence-corrected chi connectivity index (χ3v) is 4.56. The van der Waals surface area contributed by atoms with E-state index in [1.807, 2.05) is 0 Å². The molecule has 1 rings (SSSR count). The van der Waals surface area contributed by atoms with Gasteiger partial charge in [-0.1, -0.05) is 19.8 Å². The van der Waals surface area contributed by atoms with Crippen molar-refractivity contribution in [2.75, 3.05) is 39.3 Å². The summed E-state index contributed by atoms with van der Waals surface area (Å²) >= 11 is 0. The number of nitrogens with zero attached hydrogens (tertiary/aromatic N) is 2. The van der Waals surface area contributed by atoms with E-state index < -0.39 is 0 Å². The quantitative estimate of drug-likeness (QED) is 0.304. The predicted octanol–water partition coefficient (Wildman–Crippen LogP) is 1.71. The first-order valence-electron chi connectivity index (χ1n) is 9.71. The van der Waals surface area contributed by atoms with E-state index in [0.29, 0.717) is 0 Å². The molecule has 0 aromatic heterocycles. The van der Waals surface area contributed by atoms with Gasteiger partial charge in [0.1, 0.15) is 0 Å². The molecular formula is C18H37N5O. The summed E-state index contributed by atoms with van der Waals surface area (Å²) in [5.74, 6) is 0.901. The maximum absolute atomic E-state index is 11.2. The van der Waals surface area contributed by atoms with Crippen LogP contribution >= 0.6 is 0 Å². The molecule has 1 fully saturated rings. The molecule has 0 spiro atoms. The summed E-state index contributed by atoms with van der Waals surface area (Å²) in [6.45, 7) is 10.2. The number of carbonyl (C=O) groups is 1. The van der Waals surface area contributed by atoms with E-state index in [-0.39, 0.29) is 11.8 Å². The minimum atomic E-state index is -0.131. The molecule has 0 atom stereocenters. The second-order valence-electron chi connectivity index (χ2n) is 6.62. The average Bonchev–Trinajstić information content (AvgIpc) is 2.58. The van der Waals surface area contributed by atoms with Gasteiger partial charge in [0, 0.05) is 25.6 Å². The number of unbranched alkanes of at least 4 members (excludes halogenated alkanes) is 3. The van der Waals surface area contributed by atoms with Gasteiger partial charge in [0.2, 0.25) is 5.91 Å². The fourth-order valence-corrected chi connectivity index (χ4v) is 3.00. The Morgan fingerprint density at radius 1 is 1.12 bits per heavy atom. The SMILES string of the molecule is CCCCCN=C(NCC)NCCCCN1CCC(C(N)=O)CC1. The van der Waals surface area contributed by atoms with E-state index in [0.717, 1.165) is 70.9 Å². The standard InChI is InChI=1S/C18H37N5O/c1-3-5-6-11-21-18(20-4-2)22-12-7-8-13-23-14-9-16(10-15-23)17(19)24/h16H,3-15H2,1-2H3,(H2,19,24)(H2,20,21,22). The number of rotatable bonds is 11. The van der Waals surface area contributed by atoms with Crippen molar-refractivity contribution in [3.8, 4) is 0 Å². The molecule has 0 aromatic rings. The van der Waals surface area contributed by atoms with Crippen LogP contribution in [0.15, 0.2) is 4.99 Å². The number of hydrogen-bond acceptors (Lipinski definition) is 3. The molecule has 1 aliphatic rings. The molecular weight excluding hydrogens is 302 g/mol. The highest BCUT2D eigenvalue weighted by atomic mass is 16.1. The molecule has 1 aliphatic heterocycles. The van der Waals surface area contributed by atoms with Gasteiger partial charge in [0.15, 0.2) is 5.96 Å². The van der Waals surface area contributed by atoms with Gasteiger partial charge in [-0.3, -0.25) is 9.79 Å². The topological polar surface area (TPSA) is 82.8 Å². The monoisotopic (exact) mass is 339 g/mol. The lowest BCUT2D eigenvalue weighted by atomic mass is 9.96. The normalized spacial score (nSPS) is 17.0. The molecule has 6 nitrogen and oxygen atoms in total. The summed E-state index contributed by atoms with van der Waals surface area (Å²) in [4.78, 5) is 18.2. The number of primary amides is 1. The molecule has 1 saturated heterocycles. The molecule has 0 aliphatic carbocycles. The van der Waals surface area contributed by atoms with Gasteiger partial charge in [-0.15, -0.1) is 0 Å². The molecule has 140 valence electrons. The summed E-state index contributed by atoms with van der Waals surface area (Å²) in [5.41, 5.74) is 5.37. The molecule has 1 amide bonds. The lowest BCUT2D eigenvalue weighted by molar-refractivity contribution is -0.123. The molecule has 0 bridgehead atoms. The zero-order chi connectivity index (χ0) is 17.6. The minimum Gasteiger partial charge on any atom is -0.369 e. The van der Waals surface area contributed by atoms with E-state index in [1.165, 1.54) is 19.3 Å². The highest BCUT2D eigenvalue weighted by molar-refractivity contribution is 5.79. The van der Waals surface area contributed by atoms with Gasteiger partial charge in [-0.2, -0.15) is 0 Å². The Hall–Kier alpha value is -1.30. The predicted molar refractivity (Wildman–Crippen MR) is 101 cm³/mol. The number of nitrogens with one attached hydrogen (secondary N) is 2. The van der Waals surface area contributed by atoms with Gasteiger partial charge in [-0.05, 0) is 58.7 Å². The summed E-state index contributed by atoms with van der Waals surface area (Å²) in [5, 5.41) is 6.72. The van der Waals surface area contributed by atoms with Crippen molar-refractivity contribution in [1.82, 2.24) is 15.5 Å². The Morgan fingerprint density at radius 3 is 2.50 bits per heavy atom. The van der Waals surface area contributed by atoms with Crippen LogP contribution in [0.4, 0.5) is 0 Å². The fraction of sp³-hybridized carbons (Fsp3) is 0.889. The van der Waals surface area contributed by atoms with Gasteiger partial charge in [0.25, 0.3) is 0 Å². The number of aliphatic imine (C=N–C) groups is 1. The van der Waals surface area contributed by atoms with Gasteiger partial charge in [-0.25, -0.2) is 0 Å². The zero-order valence-electron chi connectivity index (χ0n) is 15.6. The number of hydrogen-bond donors (Lipinski definition) is 3. The largest absolute Gasteiger partial charge is 0.369 e. The van der Waals surface area contributed by atoms with Crippen LogP contribution in [0, 0.1) is 5.92 Å². The van der Waals surface area contributed by atoms with E-state index in [4.69, 9.17) is 5.73 Å². The Morgan fingerprint density at radius 2 is 1.88 bits per heavy atom. The number of piperidine rings is 1. The van der Waals surface area contributed by atoms with Crippen LogP contribution in [0.3, 0.4) is 0 Å². The van der Waals surface area contributed by atoms with Crippen LogP contribution < -0.4 is 16.4 Å². The molecule has 0 saturated carbocycles. The molecule has 0 aromatic carbocycles. The van der Waals surface area contributed by atoms with Gasteiger partial charge >= 0.3 is 0 Å². The molecule has 4 N–H and O–H groups in total. The summed E-state index contributed by atoms with van der Waals surface area (Å²) in [7, 11) is 0. The Labute approximate surface area is 147 Å². The first-order chi connectivity index (χ1) is 11.7. The van der Waals surface area contributed by atoms with Crippen LogP contribution in [0.5, 0.6) is 0 Å². The fourth-order valence-electron chi connectivity index (χ4n) is 3.00. The second-order valence-corrected chi connectivity index (χ2v) is 6.62. The third kappa shape index (κ3) is 9.11. The first-order valence-corrected chi connectivity index (χ1v) is 9.71. The third-order valence-electron chi connectivity index (χ3n) is 4.56. The van der Waals surface area contributed by atoms with Crippen molar-refractivity contribution >= 4 is 11.9 Å². The molecule has 0 radical (unpaired) electrons. The maximum atomic E-state index is 11.2. The number of nitrogens with two attached hydrogens (primary N) is 1. The maximum Gasteiger partial charge on any atom is 0.220 e. The molecule has 24 heavy (non-hydrogen) atoms. The lowest BCUT2D eigenvalue weighted by Crippen LogP contribution is -2.39. The Kier molecular flexibility index (Phi) is 11.3. The van der Waals surface area contributed by atoms with Crippen LogP contribution in [-0.4, -0.2) is 56.0 Å². The number of carbonyl (C=O) groups excluding carboxylic acids is 1. The average molecular weight is 340 g/mol. The van der Waals surface area contributed by atoms with Crippen molar-refractivity contribution in [2.24, 2.45) is 16.6 Å². The second kappa shape index (κ2) is 13.0. The van der Waals surface area contributed by atoms with Crippen molar-refractivity contribution in [1.29, 1.82) is 0 Å². The van der Waals surface area contributed by atoms with Crippen molar-refractivity contribution in [3.63, 3.8) is 0 Å². The number of amides is 1. The first kappa shape index (κ1) is 20.7. The smallest absolute Gasteiger partial charge is 0.220 e. The van der Waals surface area contributed by atoms with Crippen LogP contribution in [-0.2, 0) is 4.79 Å². The summed E-state index contributed by atoms with van der Waals surface area (Å²) < 4.78 is 0.